The van der Waals surface area contributed by atoms with E-state index in [1.807, 2.05) is 0 Å². The molecule has 0 aliphatic heterocycles. The number of alkyl halides is 2. The zero-order chi connectivity index (χ0) is 14.0. The van der Waals surface area contributed by atoms with Crippen LogP contribution in [0.25, 0.3) is 0 Å². The van der Waals surface area contributed by atoms with Crippen molar-refractivity contribution in [2.24, 2.45) is 0 Å². The van der Waals surface area contributed by atoms with Gasteiger partial charge < -0.3 is 10.5 Å². The standard InChI is InChI=1S/C14H12BrF2NO/c1-19-13-6-5-10(15)8-12(13)14(16,17)9-3-2-4-11(18)7-9/h2-8H,18H2,1H3. The number of rotatable bonds is 3. The van der Waals surface area contributed by atoms with Crippen molar-refractivity contribution < 1.29 is 13.5 Å². The van der Waals surface area contributed by atoms with Gasteiger partial charge in [0.1, 0.15) is 5.75 Å². The molecule has 0 bridgehead atoms. The van der Waals surface area contributed by atoms with Gasteiger partial charge in [0.15, 0.2) is 0 Å². The second-order valence-electron chi connectivity index (χ2n) is 4.04. The maximum absolute atomic E-state index is 14.5. The molecular weight excluding hydrogens is 316 g/mol. The molecule has 0 saturated carbocycles. The minimum absolute atomic E-state index is 0.135. The summed E-state index contributed by atoms with van der Waals surface area (Å²) in [5.74, 6) is -3.04. The molecule has 2 rings (SSSR count). The van der Waals surface area contributed by atoms with E-state index in [9.17, 15) is 8.78 Å². The quantitative estimate of drug-likeness (QED) is 0.858. The molecule has 100 valence electrons. The number of ether oxygens (including phenoxy) is 1. The second-order valence-corrected chi connectivity index (χ2v) is 4.96. The third-order valence-electron chi connectivity index (χ3n) is 2.75. The molecule has 0 spiro atoms. The molecule has 2 aromatic carbocycles. The molecule has 0 saturated heterocycles. The van der Waals surface area contributed by atoms with Gasteiger partial charge in [-0.05, 0) is 30.3 Å². The van der Waals surface area contributed by atoms with Crippen LogP contribution in [0.4, 0.5) is 14.5 Å². The molecule has 0 unspecified atom stereocenters. The van der Waals surface area contributed by atoms with Gasteiger partial charge in [-0.1, -0.05) is 28.1 Å². The highest BCUT2D eigenvalue weighted by molar-refractivity contribution is 9.10. The zero-order valence-electron chi connectivity index (χ0n) is 10.2. The van der Waals surface area contributed by atoms with Crippen LogP contribution >= 0.6 is 15.9 Å². The summed E-state index contributed by atoms with van der Waals surface area (Å²) >= 11 is 3.19. The van der Waals surface area contributed by atoms with E-state index in [1.54, 1.807) is 12.1 Å². The van der Waals surface area contributed by atoms with E-state index in [1.165, 1.54) is 37.4 Å². The second kappa shape index (κ2) is 5.17. The maximum atomic E-state index is 14.5. The molecule has 2 nitrogen and oxygen atoms in total. The van der Waals surface area contributed by atoms with Gasteiger partial charge in [0.05, 0.1) is 12.7 Å². The number of nitrogens with two attached hydrogens (primary N) is 1. The van der Waals surface area contributed by atoms with Crippen molar-refractivity contribution in [1.82, 2.24) is 0 Å². The lowest BCUT2D eigenvalue weighted by atomic mass is 9.99. The Bertz CT molecular complexity index is 602. The fourth-order valence-electron chi connectivity index (χ4n) is 1.82. The van der Waals surface area contributed by atoms with Crippen LogP contribution in [-0.2, 0) is 5.92 Å². The lowest BCUT2D eigenvalue weighted by Gasteiger charge is -2.20. The first-order valence-corrected chi connectivity index (χ1v) is 6.32. The Hall–Kier alpha value is -1.62. The first-order valence-electron chi connectivity index (χ1n) is 5.53. The van der Waals surface area contributed by atoms with Gasteiger partial charge in [-0.2, -0.15) is 8.78 Å². The normalized spacial score (nSPS) is 11.4. The summed E-state index contributed by atoms with van der Waals surface area (Å²) in [6.07, 6.45) is 0. The van der Waals surface area contributed by atoms with Crippen molar-refractivity contribution in [3.8, 4) is 5.75 Å². The summed E-state index contributed by atoms with van der Waals surface area (Å²) < 4.78 is 34.6. The molecule has 5 heteroatoms. The van der Waals surface area contributed by atoms with E-state index in [0.717, 1.165) is 0 Å². The van der Waals surface area contributed by atoms with Gasteiger partial charge in [0.2, 0.25) is 0 Å². The average molecular weight is 328 g/mol. The lowest BCUT2D eigenvalue weighted by molar-refractivity contribution is 0.0401. The smallest absolute Gasteiger partial charge is 0.302 e. The molecule has 19 heavy (non-hydrogen) atoms. The number of benzene rings is 2. The van der Waals surface area contributed by atoms with Gasteiger partial charge in [-0.25, -0.2) is 0 Å². The van der Waals surface area contributed by atoms with Crippen molar-refractivity contribution in [1.29, 1.82) is 0 Å². The van der Waals surface area contributed by atoms with Crippen LogP contribution < -0.4 is 10.5 Å². The molecule has 0 aliphatic rings. The molecule has 0 amide bonds. The van der Waals surface area contributed by atoms with E-state index >= 15 is 0 Å². The van der Waals surface area contributed by atoms with Crippen molar-refractivity contribution in [2.45, 2.75) is 5.92 Å². The summed E-state index contributed by atoms with van der Waals surface area (Å²) in [7, 11) is 1.36. The lowest BCUT2D eigenvalue weighted by Crippen LogP contribution is -2.16. The highest BCUT2D eigenvalue weighted by Gasteiger charge is 2.37. The fourth-order valence-corrected chi connectivity index (χ4v) is 2.18. The van der Waals surface area contributed by atoms with Gasteiger partial charge in [-0.15, -0.1) is 0 Å². The summed E-state index contributed by atoms with van der Waals surface area (Å²) in [6.45, 7) is 0. The number of halogens is 3. The summed E-state index contributed by atoms with van der Waals surface area (Å²) in [5.41, 5.74) is 5.50. The first kappa shape index (κ1) is 13.8. The Labute approximate surface area is 118 Å². The van der Waals surface area contributed by atoms with Gasteiger partial charge >= 0.3 is 5.92 Å². The Morgan fingerprint density at radius 3 is 2.53 bits per heavy atom. The number of hydrogen-bond donors (Lipinski definition) is 1. The summed E-state index contributed by atoms with van der Waals surface area (Å²) in [5, 5.41) is 0. The summed E-state index contributed by atoms with van der Waals surface area (Å²) in [4.78, 5) is 0. The molecule has 0 aromatic heterocycles. The van der Waals surface area contributed by atoms with Crippen LogP contribution in [-0.4, -0.2) is 7.11 Å². The largest absolute Gasteiger partial charge is 0.496 e. The Kier molecular flexibility index (Phi) is 3.75. The third kappa shape index (κ3) is 2.71. The highest BCUT2D eigenvalue weighted by atomic mass is 79.9. The van der Waals surface area contributed by atoms with Crippen LogP contribution in [0.2, 0.25) is 0 Å². The Morgan fingerprint density at radius 2 is 1.89 bits per heavy atom. The van der Waals surface area contributed by atoms with Crippen LogP contribution in [0.15, 0.2) is 46.9 Å². The van der Waals surface area contributed by atoms with Crippen molar-refractivity contribution in [2.75, 3.05) is 12.8 Å². The average Bonchev–Trinajstić information content (AvgIpc) is 2.38. The van der Waals surface area contributed by atoms with Crippen LogP contribution in [0.5, 0.6) is 5.75 Å². The Morgan fingerprint density at radius 1 is 1.16 bits per heavy atom. The van der Waals surface area contributed by atoms with E-state index in [4.69, 9.17) is 10.5 Å². The number of anilines is 1. The third-order valence-corrected chi connectivity index (χ3v) is 3.24. The number of methoxy groups -OCH3 is 1. The summed E-state index contributed by atoms with van der Waals surface area (Å²) in [6, 6.07) is 10.2. The molecule has 0 fully saturated rings. The van der Waals surface area contributed by atoms with E-state index in [2.05, 4.69) is 15.9 Å². The molecule has 0 aliphatic carbocycles. The van der Waals surface area contributed by atoms with Crippen LogP contribution in [0.3, 0.4) is 0 Å². The van der Waals surface area contributed by atoms with Crippen molar-refractivity contribution in [3.05, 3.63) is 58.1 Å². The minimum Gasteiger partial charge on any atom is -0.496 e. The monoisotopic (exact) mass is 327 g/mol. The van der Waals surface area contributed by atoms with Gasteiger partial charge in [0.25, 0.3) is 0 Å². The van der Waals surface area contributed by atoms with Gasteiger partial charge in [0, 0.05) is 15.7 Å². The van der Waals surface area contributed by atoms with Gasteiger partial charge in [-0.3, -0.25) is 0 Å². The number of nitrogen functional groups attached to an aromatic ring is 1. The topological polar surface area (TPSA) is 35.2 Å². The minimum atomic E-state index is -3.18. The Balaban J connectivity index is 2.58. The van der Waals surface area contributed by atoms with Crippen LogP contribution in [0.1, 0.15) is 11.1 Å². The van der Waals surface area contributed by atoms with E-state index in [-0.39, 0.29) is 16.9 Å². The molecule has 2 N–H and O–H groups in total. The van der Waals surface area contributed by atoms with Crippen molar-refractivity contribution >= 4 is 21.6 Å². The SMILES string of the molecule is COc1ccc(Br)cc1C(F)(F)c1cccc(N)c1. The van der Waals surface area contributed by atoms with Crippen molar-refractivity contribution in [3.63, 3.8) is 0 Å². The highest BCUT2D eigenvalue weighted by Crippen LogP contribution is 2.42. The first-order chi connectivity index (χ1) is 8.95. The number of hydrogen-bond acceptors (Lipinski definition) is 2. The predicted octanol–water partition coefficient (Wildman–Crippen LogP) is 4.18. The molecule has 0 heterocycles. The van der Waals surface area contributed by atoms with Crippen LogP contribution in [0, 0.1) is 0 Å². The molecular formula is C14H12BrF2NO. The van der Waals surface area contributed by atoms with E-state index in [0.29, 0.717) is 10.2 Å². The maximum Gasteiger partial charge on any atom is 0.302 e. The predicted molar refractivity (Wildman–Crippen MR) is 74.5 cm³/mol. The zero-order valence-corrected chi connectivity index (χ0v) is 11.7. The fraction of sp³-hybridized carbons (Fsp3) is 0.143. The molecule has 0 radical (unpaired) electrons. The molecule has 0 atom stereocenters. The molecule has 2 aromatic rings. The van der Waals surface area contributed by atoms with E-state index < -0.39 is 5.92 Å².